The third-order valence-electron chi connectivity index (χ3n) is 2.09. The monoisotopic (exact) mass is 274 g/mol. The van der Waals surface area contributed by atoms with Gasteiger partial charge in [-0.3, -0.25) is 0 Å². The van der Waals surface area contributed by atoms with Crippen molar-refractivity contribution >= 4 is 27.4 Å². The molecule has 1 heterocycles. The molecule has 0 amide bonds. The van der Waals surface area contributed by atoms with Crippen LogP contribution in [0.4, 0.5) is 5.82 Å². The van der Waals surface area contributed by atoms with Crippen molar-refractivity contribution in [2.24, 2.45) is 0 Å². The van der Waals surface area contributed by atoms with E-state index >= 15 is 0 Å². The second-order valence-electron chi connectivity index (χ2n) is 3.27. The Morgan fingerprint density at radius 1 is 1.65 bits per heavy atom. The fourth-order valence-electron chi connectivity index (χ4n) is 1.08. The van der Waals surface area contributed by atoms with E-state index in [1.165, 1.54) is 13.1 Å². The summed E-state index contributed by atoms with van der Waals surface area (Å²) in [5, 5.41) is 8.49. The number of halogens is 1. The van der Waals surface area contributed by atoms with E-state index in [4.69, 9.17) is 22.6 Å². The van der Waals surface area contributed by atoms with Gasteiger partial charge in [0, 0.05) is 26.2 Å². The van der Waals surface area contributed by atoms with Gasteiger partial charge in [-0.1, -0.05) is 11.6 Å². The molecule has 0 aliphatic carbocycles. The second-order valence-corrected chi connectivity index (χ2v) is 5.72. The van der Waals surface area contributed by atoms with E-state index in [1.807, 2.05) is 6.07 Å². The molecule has 0 aliphatic heterocycles. The summed E-state index contributed by atoms with van der Waals surface area (Å²) in [4.78, 5) is 3.64. The summed E-state index contributed by atoms with van der Waals surface area (Å²) in [5.74, 6) is 0.0743. The normalized spacial score (nSPS) is 11.4. The number of nitrogens with two attached hydrogens (primary N) is 1. The van der Waals surface area contributed by atoms with Gasteiger partial charge in [-0.25, -0.2) is 13.4 Å². The van der Waals surface area contributed by atoms with Crippen molar-refractivity contribution in [3.63, 3.8) is 0 Å². The van der Waals surface area contributed by atoms with Crippen molar-refractivity contribution in [1.29, 1.82) is 5.26 Å². The van der Waals surface area contributed by atoms with Crippen LogP contribution in [0.1, 0.15) is 6.42 Å². The van der Waals surface area contributed by atoms with Crippen molar-refractivity contribution in [2.45, 2.75) is 11.3 Å². The highest BCUT2D eigenvalue weighted by molar-refractivity contribution is 7.89. The lowest BCUT2D eigenvalue weighted by Gasteiger charge is -2.15. The number of aromatic nitrogens is 1. The first-order chi connectivity index (χ1) is 7.89. The number of sulfonamides is 1. The molecule has 2 N–H and O–H groups in total. The number of anilines is 1. The predicted molar refractivity (Wildman–Crippen MR) is 63.7 cm³/mol. The minimum atomic E-state index is -3.67. The molecule has 1 rings (SSSR count). The Bertz CT molecular complexity index is 553. The van der Waals surface area contributed by atoms with Crippen LogP contribution in [0.5, 0.6) is 0 Å². The molecule has 0 spiro atoms. The summed E-state index contributed by atoms with van der Waals surface area (Å²) in [7, 11) is -2.28. The largest absolute Gasteiger partial charge is 0.382 e. The number of hydrogen-bond donors (Lipinski definition) is 1. The van der Waals surface area contributed by atoms with Gasteiger partial charge in [0.2, 0.25) is 10.0 Å². The predicted octanol–water partition coefficient (Wildman–Crippen LogP) is 0.851. The average molecular weight is 275 g/mol. The Hall–Kier alpha value is -1.36. The maximum absolute atomic E-state index is 12.0. The molecule has 0 saturated carbocycles. The van der Waals surface area contributed by atoms with Crippen molar-refractivity contribution in [1.82, 2.24) is 9.29 Å². The number of nitriles is 1. The van der Waals surface area contributed by atoms with Crippen LogP contribution < -0.4 is 5.73 Å². The zero-order valence-corrected chi connectivity index (χ0v) is 10.7. The summed E-state index contributed by atoms with van der Waals surface area (Å²) >= 11 is 5.71. The van der Waals surface area contributed by atoms with Crippen LogP contribution in [0.2, 0.25) is 5.02 Å². The maximum atomic E-state index is 12.0. The van der Waals surface area contributed by atoms with E-state index in [0.29, 0.717) is 0 Å². The van der Waals surface area contributed by atoms with Gasteiger partial charge >= 0.3 is 0 Å². The van der Waals surface area contributed by atoms with Crippen LogP contribution in [-0.2, 0) is 10.0 Å². The minimum Gasteiger partial charge on any atom is -0.382 e. The highest BCUT2D eigenvalue weighted by Gasteiger charge is 2.21. The Morgan fingerprint density at radius 3 is 2.82 bits per heavy atom. The van der Waals surface area contributed by atoms with Crippen molar-refractivity contribution in [2.75, 3.05) is 19.3 Å². The van der Waals surface area contributed by atoms with E-state index in [1.54, 1.807) is 0 Å². The van der Waals surface area contributed by atoms with Gasteiger partial charge in [-0.2, -0.15) is 9.57 Å². The molecule has 0 aromatic carbocycles. The molecule has 0 unspecified atom stereocenters. The van der Waals surface area contributed by atoms with Crippen LogP contribution in [0.15, 0.2) is 17.2 Å². The summed E-state index contributed by atoms with van der Waals surface area (Å²) in [6.45, 7) is 0.112. The van der Waals surface area contributed by atoms with Gasteiger partial charge in [0.15, 0.2) is 0 Å². The van der Waals surface area contributed by atoms with Crippen LogP contribution >= 0.6 is 11.6 Å². The average Bonchev–Trinajstić information content (AvgIpc) is 2.29. The fourth-order valence-corrected chi connectivity index (χ4v) is 2.45. The van der Waals surface area contributed by atoms with Crippen LogP contribution in [0.3, 0.4) is 0 Å². The Morgan fingerprint density at radius 2 is 2.29 bits per heavy atom. The number of nitrogens with zero attached hydrogens (tertiary/aromatic N) is 3. The Labute approximate surface area is 105 Å². The van der Waals surface area contributed by atoms with Gasteiger partial charge in [0.1, 0.15) is 10.7 Å². The summed E-state index contributed by atoms with van der Waals surface area (Å²) in [5.41, 5.74) is 5.39. The van der Waals surface area contributed by atoms with Crippen molar-refractivity contribution < 1.29 is 8.42 Å². The summed E-state index contributed by atoms with van der Waals surface area (Å²) in [6, 6.07) is 3.11. The number of nitrogen functional groups attached to an aromatic ring is 1. The molecule has 0 saturated heterocycles. The number of pyridine rings is 1. The standard InChI is InChI=1S/C9H11ClN4O2S/c1-14(4-2-3-11)17(15,16)7-5-8(10)9(12)13-6-7/h5-6H,2,4H2,1H3,(H2,12,13). The van der Waals surface area contributed by atoms with E-state index in [9.17, 15) is 8.42 Å². The lowest BCUT2D eigenvalue weighted by atomic mass is 10.5. The fraction of sp³-hybridized carbons (Fsp3) is 0.333. The number of rotatable bonds is 4. The van der Waals surface area contributed by atoms with Crippen molar-refractivity contribution in [3.8, 4) is 6.07 Å². The first-order valence-electron chi connectivity index (χ1n) is 4.64. The highest BCUT2D eigenvalue weighted by atomic mass is 35.5. The molecule has 1 aromatic rings. The topological polar surface area (TPSA) is 100 Å². The summed E-state index contributed by atoms with van der Waals surface area (Å²) in [6.07, 6.45) is 1.26. The molecular weight excluding hydrogens is 264 g/mol. The Kier molecular flexibility index (Phi) is 4.28. The molecule has 0 radical (unpaired) electrons. The van der Waals surface area contributed by atoms with Gasteiger partial charge in [0.05, 0.1) is 11.1 Å². The van der Waals surface area contributed by atoms with E-state index in [0.717, 1.165) is 10.5 Å². The third kappa shape index (κ3) is 3.06. The molecular formula is C9H11ClN4O2S. The van der Waals surface area contributed by atoms with Crippen LogP contribution in [-0.4, -0.2) is 31.3 Å². The molecule has 0 fully saturated rings. The lowest BCUT2D eigenvalue weighted by molar-refractivity contribution is 0.476. The first-order valence-corrected chi connectivity index (χ1v) is 6.45. The van der Waals surface area contributed by atoms with Gasteiger partial charge in [-0.05, 0) is 6.07 Å². The van der Waals surface area contributed by atoms with Crippen LogP contribution in [0, 0.1) is 11.3 Å². The molecule has 92 valence electrons. The minimum absolute atomic E-state index is 0.0443. The molecule has 0 atom stereocenters. The van der Waals surface area contributed by atoms with Gasteiger partial charge in [0.25, 0.3) is 0 Å². The molecule has 17 heavy (non-hydrogen) atoms. The smallest absolute Gasteiger partial charge is 0.244 e. The zero-order chi connectivity index (χ0) is 13.1. The third-order valence-corrected chi connectivity index (χ3v) is 4.22. The molecule has 0 aliphatic rings. The number of hydrogen-bond acceptors (Lipinski definition) is 5. The SMILES string of the molecule is CN(CCC#N)S(=O)(=O)c1cnc(N)c(Cl)c1. The quantitative estimate of drug-likeness (QED) is 0.877. The second kappa shape index (κ2) is 5.31. The zero-order valence-electron chi connectivity index (χ0n) is 9.09. The van der Waals surface area contributed by atoms with Crippen molar-refractivity contribution in [3.05, 3.63) is 17.3 Å². The summed E-state index contributed by atoms with van der Waals surface area (Å²) < 4.78 is 25.0. The maximum Gasteiger partial charge on any atom is 0.244 e. The van der Waals surface area contributed by atoms with Crippen LogP contribution in [0.25, 0.3) is 0 Å². The molecule has 8 heteroatoms. The lowest BCUT2D eigenvalue weighted by Crippen LogP contribution is -2.28. The highest BCUT2D eigenvalue weighted by Crippen LogP contribution is 2.21. The Balaban J connectivity index is 3.05. The van der Waals surface area contributed by atoms with Gasteiger partial charge in [-0.15, -0.1) is 0 Å². The van der Waals surface area contributed by atoms with E-state index < -0.39 is 10.0 Å². The van der Waals surface area contributed by atoms with E-state index in [-0.39, 0.29) is 28.7 Å². The van der Waals surface area contributed by atoms with E-state index in [2.05, 4.69) is 4.98 Å². The van der Waals surface area contributed by atoms with Gasteiger partial charge < -0.3 is 5.73 Å². The molecule has 0 bridgehead atoms. The molecule has 1 aromatic heterocycles. The first kappa shape index (κ1) is 13.7. The molecule has 6 nitrogen and oxygen atoms in total.